The fourth-order valence-corrected chi connectivity index (χ4v) is 5.14. The van der Waals surface area contributed by atoms with Crippen LogP contribution in [0, 0.1) is 0 Å². The van der Waals surface area contributed by atoms with E-state index in [4.69, 9.17) is 9.15 Å². The Morgan fingerprint density at radius 1 is 0.971 bits per heavy atom. The summed E-state index contributed by atoms with van der Waals surface area (Å²) in [7, 11) is 1.65. The maximum absolute atomic E-state index is 12.8. The molecule has 1 heterocycles. The first kappa shape index (κ1) is 22.3. The number of hydrogen-bond acceptors (Lipinski definition) is 3. The minimum absolute atomic E-state index is 0.0342. The molecule has 0 aliphatic heterocycles. The van der Waals surface area contributed by atoms with Crippen LogP contribution in [0.3, 0.4) is 0 Å². The monoisotopic (exact) mass is 453 g/mol. The van der Waals surface area contributed by atoms with Gasteiger partial charge in [-0.3, -0.25) is 4.79 Å². The number of methoxy groups -OCH3 is 1. The third-order valence-corrected chi connectivity index (χ3v) is 6.95. The van der Waals surface area contributed by atoms with E-state index in [1.54, 1.807) is 13.2 Å². The highest BCUT2D eigenvalue weighted by Crippen LogP contribution is 2.39. The summed E-state index contributed by atoms with van der Waals surface area (Å²) >= 11 is 0. The van der Waals surface area contributed by atoms with Crippen molar-refractivity contribution in [3.63, 3.8) is 0 Å². The first-order chi connectivity index (χ1) is 16.6. The predicted octanol–water partition coefficient (Wildman–Crippen LogP) is 7.50. The number of hydrogen-bond donors (Lipinski definition) is 1. The molecular formula is C30H31NO3. The number of fused-ring (bicyclic) bond motifs is 2. The average Bonchev–Trinajstić information content (AvgIpc) is 3.09. The van der Waals surface area contributed by atoms with Crippen molar-refractivity contribution in [1.29, 1.82) is 0 Å². The molecule has 174 valence electrons. The smallest absolute Gasteiger partial charge is 0.244 e. The van der Waals surface area contributed by atoms with Crippen molar-refractivity contribution in [2.75, 3.05) is 7.11 Å². The summed E-state index contributed by atoms with van der Waals surface area (Å²) in [6.07, 6.45) is 10.6. The van der Waals surface area contributed by atoms with Gasteiger partial charge in [-0.2, -0.15) is 0 Å². The Bertz CT molecular complexity index is 1350. The molecule has 1 fully saturated rings. The molecule has 4 nitrogen and oxygen atoms in total. The van der Waals surface area contributed by atoms with E-state index in [2.05, 4.69) is 53.8 Å². The van der Waals surface area contributed by atoms with Crippen molar-refractivity contribution < 1.29 is 13.9 Å². The van der Waals surface area contributed by atoms with Gasteiger partial charge in [-0.15, -0.1) is 0 Å². The van der Waals surface area contributed by atoms with Gasteiger partial charge >= 0.3 is 0 Å². The van der Waals surface area contributed by atoms with Crippen molar-refractivity contribution in [3.05, 3.63) is 72.5 Å². The molecule has 0 spiro atoms. The van der Waals surface area contributed by atoms with Crippen LogP contribution < -0.4 is 10.1 Å². The van der Waals surface area contributed by atoms with Gasteiger partial charge < -0.3 is 14.5 Å². The normalized spacial score (nSPS) is 15.4. The van der Waals surface area contributed by atoms with Crippen molar-refractivity contribution >= 4 is 33.2 Å². The highest BCUT2D eigenvalue weighted by molar-refractivity contribution is 6.06. The van der Waals surface area contributed by atoms with Crippen LogP contribution in [0.5, 0.6) is 5.75 Å². The van der Waals surface area contributed by atoms with Gasteiger partial charge in [0.2, 0.25) is 5.91 Å². The van der Waals surface area contributed by atoms with E-state index in [-0.39, 0.29) is 11.9 Å². The van der Waals surface area contributed by atoms with Gasteiger partial charge in [0.05, 0.1) is 13.4 Å². The van der Waals surface area contributed by atoms with E-state index in [1.807, 2.05) is 19.3 Å². The maximum Gasteiger partial charge on any atom is 0.244 e. The number of amides is 1. The lowest BCUT2D eigenvalue weighted by atomic mass is 9.96. The van der Waals surface area contributed by atoms with E-state index < -0.39 is 0 Å². The topological polar surface area (TPSA) is 51.5 Å². The van der Waals surface area contributed by atoms with Crippen molar-refractivity contribution in [2.45, 2.75) is 51.5 Å². The summed E-state index contributed by atoms with van der Waals surface area (Å²) in [6.45, 7) is 1.97. The summed E-state index contributed by atoms with van der Waals surface area (Å²) < 4.78 is 11.6. The Morgan fingerprint density at radius 3 is 2.53 bits per heavy atom. The number of nitrogens with one attached hydrogen (secondary N) is 1. The summed E-state index contributed by atoms with van der Waals surface area (Å²) in [5, 5.41) is 6.59. The van der Waals surface area contributed by atoms with Gasteiger partial charge in [-0.1, -0.05) is 68.1 Å². The van der Waals surface area contributed by atoms with Gasteiger partial charge in [0.25, 0.3) is 0 Å². The first-order valence-electron chi connectivity index (χ1n) is 12.2. The molecule has 5 rings (SSSR count). The minimum atomic E-state index is -0.0342. The number of furan rings is 1. The first-order valence-corrected chi connectivity index (χ1v) is 12.2. The maximum atomic E-state index is 12.8. The number of allylic oxidation sites excluding steroid dienone is 1. The van der Waals surface area contributed by atoms with E-state index >= 15 is 0 Å². The third-order valence-electron chi connectivity index (χ3n) is 6.95. The SMILES string of the molecule is COc1cc2occ(-c3cccc4ccccc34)c2cc1/C(C)=C/C(=O)NC1CCCCCC1. The molecule has 0 unspecified atom stereocenters. The van der Waals surface area contributed by atoms with Crippen LogP contribution in [-0.4, -0.2) is 19.1 Å². The molecule has 0 atom stereocenters. The number of carbonyl (C=O) groups is 1. The van der Waals surface area contributed by atoms with Crippen LogP contribution in [0.4, 0.5) is 0 Å². The molecular weight excluding hydrogens is 422 g/mol. The Morgan fingerprint density at radius 2 is 1.74 bits per heavy atom. The lowest BCUT2D eigenvalue weighted by molar-refractivity contribution is -0.117. The Labute approximate surface area is 200 Å². The second-order valence-electron chi connectivity index (χ2n) is 9.25. The van der Waals surface area contributed by atoms with E-state index in [1.165, 1.54) is 36.5 Å². The van der Waals surface area contributed by atoms with Gasteiger partial charge in [-0.25, -0.2) is 0 Å². The molecule has 0 saturated heterocycles. The van der Waals surface area contributed by atoms with Gasteiger partial charge in [0, 0.05) is 34.7 Å². The summed E-state index contributed by atoms with van der Waals surface area (Å²) in [4.78, 5) is 12.8. The lowest BCUT2D eigenvalue weighted by Crippen LogP contribution is -2.33. The van der Waals surface area contributed by atoms with Gasteiger partial charge in [-0.05, 0) is 47.7 Å². The second-order valence-corrected chi connectivity index (χ2v) is 9.25. The summed E-state index contributed by atoms with van der Waals surface area (Å²) in [5.41, 5.74) is 4.69. The van der Waals surface area contributed by atoms with Crippen LogP contribution in [0.1, 0.15) is 51.0 Å². The second kappa shape index (κ2) is 9.76. The fourth-order valence-electron chi connectivity index (χ4n) is 5.14. The van der Waals surface area contributed by atoms with Crippen LogP contribution in [0.2, 0.25) is 0 Å². The van der Waals surface area contributed by atoms with Crippen molar-refractivity contribution in [3.8, 4) is 16.9 Å². The highest BCUT2D eigenvalue weighted by atomic mass is 16.5. The zero-order chi connectivity index (χ0) is 23.5. The number of rotatable bonds is 5. The summed E-state index contributed by atoms with van der Waals surface area (Å²) in [5.74, 6) is 0.662. The fraction of sp³-hybridized carbons (Fsp3) is 0.300. The quantitative estimate of drug-likeness (QED) is 0.251. The molecule has 3 aromatic carbocycles. The minimum Gasteiger partial charge on any atom is -0.496 e. The molecule has 4 aromatic rings. The molecule has 4 heteroatoms. The highest BCUT2D eigenvalue weighted by Gasteiger charge is 2.17. The number of ether oxygens (including phenoxy) is 1. The van der Waals surface area contributed by atoms with Crippen LogP contribution in [-0.2, 0) is 4.79 Å². The Kier molecular flexibility index (Phi) is 6.39. The molecule has 0 bridgehead atoms. The molecule has 1 aromatic heterocycles. The zero-order valence-electron chi connectivity index (χ0n) is 19.9. The van der Waals surface area contributed by atoms with Gasteiger partial charge in [0.1, 0.15) is 11.3 Å². The number of carbonyl (C=O) groups excluding carboxylic acids is 1. The van der Waals surface area contributed by atoms with Crippen molar-refractivity contribution in [2.24, 2.45) is 0 Å². The molecule has 34 heavy (non-hydrogen) atoms. The largest absolute Gasteiger partial charge is 0.496 e. The Balaban J connectivity index is 1.52. The van der Waals surface area contributed by atoms with E-state index in [0.29, 0.717) is 5.75 Å². The zero-order valence-corrected chi connectivity index (χ0v) is 19.9. The lowest BCUT2D eigenvalue weighted by Gasteiger charge is -2.15. The molecule has 1 aliphatic rings. The van der Waals surface area contributed by atoms with Crippen LogP contribution in [0.25, 0.3) is 38.4 Å². The van der Waals surface area contributed by atoms with Crippen LogP contribution >= 0.6 is 0 Å². The van der Waals surface area contributed by atoms with E-state index in [9.17, 15) is 4.79 Å². The molecule has 1 N–H and O–H groups in total. The third kappa shape index (κ3) is 4.45. The average molecular weight is 454 g/mol. The number of benzene rings is 3. The van der Waals surface area contributed by atoms with E-state index in [0.717, 1.165) is 46.1 Å². The molecule has 1 aliphatic carbocycles. The standard InChI is InChI=1S/C30H31NO3/c1-20(16-30(32)31-22-12-5-3-4-6-13-22)25-17-26-27(19-34-29(26)18-28(25)33-2)24-15-9-11-21-10-7-8-14-23(21)24/h7-11,14-19,22H,3-6,12-13H2,1-2H3,(H,31,32)/b20-16+. The molecule has 1 saturated carbocycles. The van der Waals surface area contributed by atoms with Crippen LogP contribution in [0.15, 0.2) is 71.4 Å². The summed E-state index contributed by atoms with van der Waals surface area (Å²) in [6, 6.07) is 19.0. The molecule has 1 amide bonds. The predicted molar refractivity (Wildman–Crippen MR) is 139 cm³/mol. The molecule has 0 radical (unpaired) electrons. The van der Waals surface area contributed by atoms with Crippen molar-refractivity contribution in [1.82, 2.24) is 5.32 Å². The van der Waals surface area contributed by atoms with Gasteiger partial charge in [0.15, 0.2) is 0 Å². The Hall–Kier alpha value is -3.53.